The van der Waals surface area contributed by atoms with Crippen molar-refractivity contribution >= 4 is 5.69 Å². The second-order valence-electron chi connectivity index (χ2n) is 7.64. The van der Waals surface area contributed by atoms with Crippen molar-refractivity contribution < 1.29 is 24.1 Å². The highest BCUT2D eigenvalue weighted by atomic mass is 19.1. The van der Waals surface area contributed by atoms with Gasteiger partial charge in [-0.1, -0.05) is 24.3 Å². The number of nitrogens with zero attached hydrogens (tertiary/aromatic N) is 1. The molecule has 1 aliphatic heterocycles. The molecule has 3 aromatic carbocycles. The first kappa shape index (κ1) is 20.3. The van der Waals surface area contributed by atoms with Crippen LogP contribution in [0, 0.1) is 17.6 Å². The van der Waals surface area contributed by atoms with E-state index >= 15 is 0 Å². The maximum Gasteiger partial charge on any atom is 0.132 e. The Bertz CT molecular complexity index is 977. The first-order valence-corrected chi connectivity index (χ1v) is 9.88. The van der Waals surface area contributed by atoms with Crippen LogP contribution in [-0.2, 0) is 0 Å². The highest BCUT2D eigenvalue weighted by molar-refractivity contribution is 5.54. The van der Waals surface area contributed by atoms with E-state index < -0.39 is 12.3 Å². The third-order valence-corrected chi connectivity index (χ3v) is 5.76. The van der Waals surface area contributed by atoms with E-state index in [1.54, 1.807) is 53.4 Å². The maximum absolute atomic E-state index is 13.3. The van der Waals surface area contributed by atoms with Crippen LogP contribution in [0.2, 0.25) is 0 Å². The van der Waals surface area contributed by atoms with Gasteiger partial charge in [0.05, 0.1) is 12.1 Å². The Morgan fingerprint density at radius 3 is 2.00 bits per heavy atom. The van der Waals surface area contributed by atoms with E-state index in [9.17, 15) is 24.1 Å². The molecule has 1 fully saturated rings. The van der Waals surface area contributed by atoms with E-state index in [1.807, 2.05) is 0 Å². The maximum atomic E-state index is 13.3. The van der Waals surface area contributed by atoms with Gasteiger partial charge in [0.25, 0.3) is 0 Å². The van der Waals surface area contributed by atoms with Gasteiger partial charge in [-0.3, -0.25) is 0 Å². The van der Waals surface area contributed by atoms with Gasteiger partial charge in [0.15, 0.2) is 0 Å². The summed E-state index contributed by atoms with van der Waals surface area (Å²) in [6.07, 6.45) is -0.630. The normalized spacial score (nSPS) is 21.9. The SMILES string of the molecule is Oc1ccc([C@@H]2C(CC[C@H](O)c3ccc(F)cc3)C(O)N2c2ccc(F)cc2)cc1. The summed E-state index contributed by atoms with van der Waals surface area (Å²) in [5.74, 6) is -0.735. The molecule has 4 nitrogen and oxygen atoms in total. The van der Waals surface area contributed by atoms with Crippen LogP contribution in [0.3, 0.4) is 0 Å². The first-order chi connectivity index (χ1) is 14.4. The van der Waals surface area contributed by atoms with Gasteiger partial charge in [-0.2, -0.15) is 0 Å². The molecule has 156 valence electrons. The molecular weight excluding hydrogens is 388 g/mol. The van der Waals surface area contributed by atoms with E-state index in [0.29, 0.717) is 24.1 Å². The minimum Gasteiger partial charge on any atom is -0.508 e. The Morgan fingerprint density at radius 2 is 1.40 bits per heavy atom. The lowest BCUT2D eigenvalue weighted by molar-refractivity contribution is -0.00681. The standard InChI is InChI=1S/C24H23F2NO3/c25-17-5-1-15(2-6-17)22(29)14-13-21-23(16-3-11-20(28)12-4-16)27(24(21)30)19-9-7-18(26)8-10-19/h1-12,21-24,28-30H,13-14H2/t21?,22-,23+,24?/m0/s1. The summed E-state index contributed by atoms with van der Waals surface area (Å²) in [5.41, 5.74) is 2.22. The molecule has 2 unspecified atom stereocenters. The number of aliphatic hydroxyl groups is 2. The van der Waals surface area contributed by atoms with Gasteiger partial charge in [-0.25, -0.2) is 8.78 Å². The predicted octanol–water partition coefficient (Wildman–Crippen LogP) is 4.68. The molecule has 0 amide bonds. The molecule has 0 radical (unpaired) electrons. The van der Waals surface area contributed by atoms with E-state index in [-0.39, 0.29) is 29.3 Å². The summed E-state index contributed by atoms with van der Waals surface area (Å²) >= 11 is 0. The molecule has 30 heavy (non-hydrogen) atoms. The number of anilines is 1. The van der Waals surface area contributed by atoms with Gasteiger partial charge in [0.2, 0.25) is 0 Å². The van der Waals surface area contributed by atoms with Crippen LogP contribution >= 0.6 is 0 Å². The number of aromatic hydroxyl groups is 1. The van der Waals surface area contributed by atoms with Crippen LogP contribution in [0.25, 0.3) is 0 Å². The first-order valence-electron chi connectivity index (χ1n) is 9.88. The lowest BCUT2D eigenvalue weighted by Crippen LogP contribution is -2.58. The average Bonchev–Trinajstić information content (AvgIpc) is 2.74. The highest BCUT2D eigenvalue weighted by Gasteiger charge is 2.48. The largest absolute Gasteiger partial charge is 0.508 e. The van der Waals surface area contributed by atoms with Crippen molar-refractivity contribution in [2.45, 2.75) is 31.2 Å². The Morgan fingerprint density at radius 1 is 0.833 bits per heavy atom. The molecule has 0 saturated carbocycles. The number of hydrogen-bond donors (Lipinski definition) is 3. The zero-order valence-corrected chi connectivity index (χ0v) is 16.2. The van der Waals surface area contributed by atoms with E-state index in [1.165, 1.54) is 24.3 Å². The topological polar surface area (TPSA) is 63.9 Å². The zero-order chi connectivity index (χ0) is 21.3. The molecule has 0 spiro atoms. The second-order valence-corrected chi connectivity index (χ2v) is 7.64. The fraction of sp³-hybridized carbons (Fsp3) is 0.250. The van der Waals surface area contributed by atoms with Crippen molar-refractivity contribution in [3.8, 4) is 5.75 Å². The van der Waals surface area contributed by atoms with Gasteiger partial charge in [-0.15, -0.1) is 0 Å². The molecule has 3 aromatic rings. The van der Waals surface area contributed by atoms with Crippen molar-refractivity contribution in [2.75, 3.05) is 4.90 Å². The second kappa shape index (κ2) is 8.42. The van der Waals surface area contributed by atoms with Crippen LogP contribution < -0.4 is 4.90 Å². The Balaban J connectivity index is 1.54. The molecule has 4 rings (SSSR count). The quantitative estimate of drug-likeness (QED) is 0.551. The monoisotopic (exact) mass is 411 g/mol. The highest BCUT2D eigenvalue weighted by Crippen LogP contribution is 2.49. The van der Waals surface area contributed by atoms with Crippen LogP contribution in [0.15, 0.2) is 72.8 Å². The zero-order valence-electron chi connectivity index (χ0n) is 16.2. The van der Waals surface area contributed by atoms with Crippen LogP contribution in [-0.4, -0.2) is 21.5 Å². The molecule has 0 aliphatic carbocycles. The van der Waals surface area contributed by atoms with Crippen LogP contribution in [0.1, 0.15) is 36.1 Å². The lowest BCUT2D eigenvalue weighted by Gasteiger charge is -2.54. The van der Waals surface area contributed by atoms with Crippen LogP contribution in [0.4, 0.5) is 14.5 Å². The third kappa shape index (κ3) is 4.01. The summed E-state index contributed by atoms with van der Waals surface area (Å²) in [6, 6.07) is 18.3. The van der Waals surface area contributed by atoms with E-state index in [2.05, 4.69) is 0 Å². The molecule has 0 aromatic heterocycles. The van der Waals surface area contributed by atoms with Gasteiger partial charge in [-0.05, 0) is 72.5 Å². The Hall–Kier alpha value is -2.96. The summed E-state index contributed by atoms with van der Waals surface area (Å²) in [6.45, 7) is 0. The number of phenolic OH excluding ortho intramolecular Hbond substituents is 1. The number of hydrogen-bond acceptors (Lipinski definition) is 4. The number of halogens is 2. The molecule has 4 atom stereocenters. The average molecular weight is 411 g/mol. The van der Waals surface area contributed by atoms with Gasteiger partial charge >= 0.3 is 0 Å². The van der Waals surface area contributed by atoms with Gasteiger partial charge in [0.1, 0.15) is 23.6 Å². The molecular formula is C24H23F2NO3. The van der Waals surface area contributed by atoms with Crippen LogP contribution in [0.5, 0.6) is 5.75 Å². The molecule has 1 heterocycles. The molecule has 0 bridgehead atoms. The molecule has 1 saturated heterocycles. The number of phenols is 1. The molecule has 3 N–H and O–H groups in total. The smallest absolute Gasteiger partial charge is 0.132 e. The predicted molar refractivity (Wildman–Crippen MR) is 110 cm³/mol. The fourth-order valence-corrected chi connectivity index (χ4v) is 4.15. The summed E-state index contributed by atoms with van der Waals surface area (Å²) in [4.78, 5) is 1.81. The van der Waals surface area contributed by atoms with Crippen molar-refractivity contribution in [1.29, 1.82) is 0 Å². The minimum atomic E-state index is -0.797. The summed E-state index contributed by atoms with van der Waals surface area (Å²) in [5, 5.41) is 30.9. The van der Waals surface area contributed by atoms with Crippen molar-refractivity contribution in [2.24, 2.45) is 5.92 Å². The number of benzene rings is 3. The third-order valence-electron chi connectivity index (χ3n) is 5.76. The van der Waals surface area contributed by atoms with Gasteiger partial charge < -0.3 is 20.2 Å². The number of aliphatic hydroxyl groups excluding tert-OH is 2. The fourth-order valence-electron chi connectivity index (χ4n) is 4.15. The van der Waals surface area contributed by atoms with Crippen molar-refractivity contribution in [3.63, 3.8) is 0 Å². The number of rotatable bonds is 6. The minimum absolute atomic E-state index is 0.148. The Kier molecular flexibility index (Phi) is 5.70. The van der Waals surface area contributed by atoms with Gasteiger partial charge in [0, 0.05) is 11.6 Å². The molecule has 1 aliphatic rings. The Labute approximate surface area is 173 Å². The van der Waals surface area contributed by atoms with Crippen molar-refractivity contribution in [3.05, 3.63) is 95.6 Å². The lowest BCUT2D eigenvalue weighted by atomic mass is 9.77. The van der Waals surface area contributed by atoms with Crippen molar-refractivity contribution in [1.82, 2.24) is 0 Å². The van der Waals surface area contributed by atoms with E-state index in [4.69, 9.17) is 0 Å². The molecule has 6 heteroatoms. The summed E-state index contributed by atoms with van der Waals surface area (Å²) < 4.78 is 26.5. The summed E-state index contributed by atoms with van der Waals surface area (Å²) in [7, 11) is 0. The van der Waals surface area contributed by atoms with E-state index in [0.717, 1.165) is 5.56 Å².